The van der Waals surface area contributed by atoms with E-state index in [1.54, 1.807) is 41.5 Å². The van der Waals surface area contributed by atoms with Crippen molar-refractivity contribution in [3.63, 3.8) is 0 Å². The Labute approximate surface area is 114 Å². The maximum Gasteiger partial charge on any atom is 0.509 e. The lowest BCUT2D eigenvalue weighted by Crippen LogP contribution is -2.28. The summed E-state index contributed by atoms with van der Waals surface area (Å²) in [5, 5.41) is 0. The van der Waals surface area contributed by atoms with Crippen molar-refractivity contribution in [2.45, 2.75) is 59.7 Å². The zero-order valence-electron chi connectivity index (χ0n) is 12.7. The van der Waals surface area contributed by atoms with Gasteiger partial charge in [-0.1, -0.05) is 0 Å². The number of rotatable bonds is 3. The summed E-state index contributed by atoms with van der Waals surface area (Å²) in [6.45, 7) is 11.7. The molecule has 0 aliphatic rings. The lowest BCUT2D eigenvalue weighted by atomic mass is 10.2. The van der Waals surface area contributed by atoms with Crippen LogP contribution in [-0.4, -0.2) is 30.1 Å². The van der Waals surface area contributed by atoms with E-state index in [9.17, 15) is 9.59 Å². The molecule has 0 spiro atoms. The van der Waals surface area contributed by atoms with Gasteiger partial charge in [-0.05, 0) is 48.5 Å². The van der Waals surface area contributed by atoms with Gasteiger partial charge in [0.25, 0.3) is 0 Å². The molecule has 6 heteroatoms. The predicted octanol–water partition coefficient (Wildman–Crippen LogP) is 3.44. The largest absolute Gasteiger partial charge is 0.509 e. The predicted molar refractivity (Wildman–Crippen MR) is 68.4 cm³/mol. The first-order valence-corrected chi connectivity index (χ1v) is 5.98. The second kappa shape index (κ2) is 6.63. The zero-order chi connectivity index (χ0) is 15.3. The van der Waals surface area contributed by atoms with Crippen molar-refractivity contribution in [1.29, 1.82) is 0 Å². The van der Waals surface area contributed by atoms with Crippen molar-refractivity contribution in [2.24, 2.45) is 0 Å². The van der Waals surface area contributed by atoms with Crippen molar-refractivity contribution in [3.05, 3.63) is 6.10 Å². The molecular weight excluding hydrogens is 252 g/mol. The minimum Gasteiger partial charge on any atom is -0.430 e. The van der Waals surface area contributed by atoms with Crippen LogP contribution in [-0.2, 0) is 18.9 Å². The Morgan fingerprint density at radius 3 is 1.68 bits per heavy atom. The first kappa shape index (κ1) is 17.5. The average Bonchev–Trinajstić information content (AvgIpc) is 2.08. The maximum absolute atomic E-state index is 11.3. The molecule has 0 aliphatic carbocycles. The normalized spacial score (nSPS) is 12.0. The third-order valence-electron chi connectivity index (χ3n) is 1.43. The molecule has 0 rings (SSSR count). The number of ether oxygens (including phenoxy) is 4. The van der Waals surface area contributed by atoms with E-state index in [-0.39, 0.29) is 12.7 Å². The topological polar surface area (TPSA) is 71.1 Å². The highest BCUT2D eigenvalue weighted by Crippen LogP contribution is 2.13. The van der Waals surface area contributed by atoms with Gasteiger partial charge in [-0.15, -0.1) is 0 Å². The molecule has 0 bridgehead atoms. The molecule has 0 aromatic heterocycles. The van der Waals surface area contributed by atoms with Crippen LogP contribution >= 0.6 is 0 Å². The Morgan fingerprint density at radius 1 is 0.842 bits per heavy atom. The van der Waals surface area contributed by atoms with Gasteiger partial charge in [0.05, 0.1) is 0 Å². The van der Waals surface area contributed by atoms with Gasteiger partial charge in [-0.25, -0.2) is 9.59 Å². The van der Waals surface area contributed by atoms with E-state index >= 15 is 0 Å². The maximum atomic E-state index is 11.3. The molecule has 0 fully saturated rings. The molecule has 111 valence electrons. The summed E-state index contributed by atoms with van der Waals surface area (Å²) in [5.41, 5.74) is -1.26. The van der Waals surface area contributed by atoms with Crippen molar-refractivity contribution in [2.75, 3.05) is 6.61 Å². The Balaban J connectivity index is 3.96. The highest BCUT2D eigenvalue weighted by atomic mass is 16.8. The van der Waals surface area contributed by atoms with E-state index in [0.29, 0.717) is 0 Å². The van der Waals surface area contributed by atoms with E-state index in [1.807, 2.05) is 0 Å². The van der Waals surface area contributed by atoms with Crippen LogP contribution in [0.2, 0.25) is 0 Å². The highest BCUT2D eigenvalue weighted by Gasteiger charge is 2.22. The second-order valence-electron chi connectivity index (χ2n) is 6.02. The molecule has 0 heterocycles. The van der Waals surface area contributed by atoms with Crippen LogP contribution in [0.4, 0.5) is 9.59 Å². The molecule has 0 unspecified atom stereocenters. The van der Waals surface area contributed by atoms with Gasteiger partial charge in [-0.3, -0.25) is 0 Å². The highest BCUT2D eigenvalue weighted by molar-refractivity contribution is 5.62. The van der Waals surface area contributed by atoms with Crippen molar-refractivity contribution in [3.8, 4) is 0 Å². The van der Waals surface area contributed by atoms with Crippen molar-refractivity contribution >= 4 is 12.3 Å². The van der Waals surface area contributed by atoms with E-state index in [2.05, 4.69) is 0 Å². The fraction of sp³-hybridized carbons (Fsp3) is 0.769. The summed E-state index contributed by atoms with van der Waals surface area (Å²) >= 11 is 0. The van der Waals surface area contributed by atoms with E-state index in [0.717, 1.165) is 0 Å². The van der Waals surface area contributed by atoms with Crippen LogP contribution in [0.5, 0.6) is 0 Å². The standard InChI is InChI=1S/C13H23O6/c1-9(17-11(15)19-13(5,6)7)8-16-10(14)18-12(2,3)4/h8H2,1-7H3. The molecule has 19 heavy (non-hydrogen) atoms. The van der Waals surface area contributed by atoms with Crippen LogP contribution in [0.25, 0.3) is 0 Å². The van der Waals surface area contributed by atoms with Crippen LogP contribution < -0.4 is 0 Å². The van der Waals surface area contributed by atoms with Crippen LogP contribution in [0.15, 0.2) is 0 Å². The molecule has 0 saturated heterocycles. The van der Waals surface area contributed by atoms with Gasteiger partial charge in [0.1, 0.15) is 17.8 Å². The summed E-state index contributed by atoms with van der Waals surface area (Å²) in [5.74, 6) is 0. The fourth-order valence-corrected chi connectivity index (χ4v) is 0.883. The molecular formula is C13H23O6. The third-order valence-corrected chi connectivity index (χ3v) is 1.43. The first-order chi connectivity index (χ1) is 8.39. The van der Waals surface area contributed by atoms with E-state index in [4.69, 9.17) is 18.9 Å². The molecule has 0 amide bonds. The Bertz CT molecular complexity index is 310. The second-order valence-corrected chi connectivity index (χ2v) is 6.02. The minimum atomic E-state index is -0.835. The molecule has 0 aliphatic heterocycles. The number of hydrogen-bond acceptors (Lipinski definition) is 6. The quantitative estimate of drug-likeness (QED) is 0.735. The van der Waals surface area contributed by atoms with Crippen LogP contribution in [0.3, 0.4) is 0 Å². The minimum absolute atomic E-state index is 0.172. The molecule has 0 aromatic rings. The lowest BCUT2D eigenvalue weighted by molar-refractivity contribution is -0.0290. The van der Waals surface area contributed by atoms with E-state index < -0.39 is 23.5 Å². The summed E-state index contributed by atoms with van der Waals surface area (Å²) in [7, 11) is 0. The van der Waals surface area contributed by atoms with Gasteiger partial charge in [-0.2, -0.15) is 0 Å². The number of carbonyl (C=O) groups excluding carboxylic acids is 2. The molecule has 6 nitrogen and oxygen atoms in total. The summed E-state index contributed by atoms with van der Waals surface area (Å²) in [4.78, 5) is 22.6. The van der Waals surface area contributed by atoms with Crippen molar-refractivity contribution in [1.82, 2.24) is 0 Å². The van der Waals surface area contributed by atoms with E-state index in [1.165, 1.54) is 6.92 Å². The number of hydrogen-bond donors (Lipinski definition) is 0. The fourth-order valence-electron chi connectivity index (χ4n) is 0.883. The molecule has 0 N–H and O–H groups in total. The smallest absolute Gasteiger partial charge is 0.430 e. The van der Waals surface area contributed by atoms with Gasteiger partial charge in [0, 0.05) is 0 Å². The average molecular weight is 275 g/mol. The third kappa shape index (κ3) is 11.4. The zero-order valence-corrected chi connectivity index (χ0v) is 12.7. The number of carbonyl (C=O) groups is 2. The molecule has 0 atom stereocenters. The van der Waals surface area contributed by atoms with Crippen molar-refractivity contribution < 1.29 is 28.5 Å². The molecule has 0 aromatic carbocycles. The Morgan fingerprint density at radius 2 is 1.26 bits per heavy atom. The van der Waals surface area contributed by atoms with Crippen LogP contribution in [0.1, 0.15) is 48.5 Å². The Kier molecular flexibility index (Phi) is 6.12. The monoisotopic (exact) mass is 275 g/mol. The van der Waals surface area contributed by atoms with Gasteiger partial charge >= 0.3 is 12.3 Å². The van der Waals surface area contributed by atoms with Gasteiger partial charge < -0.3 is 18.9 Å². The lowest BCUT2D eigenvalue weighted by Gasteiger charge is -2.21. The van der Waals surface area contributed by atoms with Gasteiger partial charge in [0.2, 0.25) is 0 Å². The SMILES string of the molecule is C[C](COC(=O)OC(C)(C)C)OC(=O)OC(C)(C)C. The molecule has 1 radical (unpaired) electrons. The Hall–Kier alpha value is -1.46. The summed E-state index contributed by atoms with van der Waals surface area (Å²) in [6.07, 6.45) is -1.45. The summed E-state index contributed by atoms with van der Waals surface area (Å²) in [6, 6.07) is 0. The van der Waals surface area contributed by atoms with Crippen LogP contribution in [0, 0.1) is 6.10 Å². The summed E-state index contributed by atoms with van der Waals surface area (Å²) < 4.78 is 19.5. The molecule has 0 saturated carbocycles. The first-order valence-electron chi connectivity index (χ1n) is 5.98. The van der Waals surface area contributed by atoms with Gasteiger partial charge in [0.15, 0.2) is 6.10 Å².